The standard InChI is InChI=1S/C20H21F2N3O2S/c1-14-19(15(2)25(24-14)20(21)22)28(26,27)13-17-7-5-6-16(12-17)9-10-18-8-3-4-11-23-18/h3-8,11-12,20H,9-10,13H2,1-2H3. The molecule has 1 aromatic carbocycles. The molecule has 0 unspecified atom stereocenters. The molecule has 5 nitrogen and oxygen atoms in total. The minimum absolute atomic E-state index is 0.0428. The quantitative estimate of drug-likeness (QED) is 0.595. The Morgan fingerprint density at radius 1 is 1.04 bits per heavy atom. The highest BCUT2D eigenvalue weighted by atomic mass is 32.2. The molecule has 0 bridgehead atoms. The first-order chi connectivity index (χ1) is 13.3. The Balaban J connectivity index is 1.80. The lowest BCUT2D eigenvalue weighted by Gasteiger charge is -2.08. The van der Waals surface area contributed by atoms with E-state index in [9.17, 15) is 17.2 Å². The lowest BCUT2D eigenvalue weighted by atomic mass is 10.1. The zero-order valence-electron chi connectivity index (χ0n) is 15.6. The van der Waals surface area contributed by atoms with Gasteiger partial charge in [-0.05, 0) is 49.9 Å². The molecule has 3 rings (SSSR count). The maximum absolute atomic E-state index is 13.0. The minimum Gasteiger partial charge on any atom is -0.261 e. The van der Waals surface area contributed by atoms with Gasteiger partial charge in [-0.2, -0.15) is 13.9 Å². The van der Waals surface area contributed by atoms with Crippen LogP contribution in [-0.2, 0) is 28.4 Å². The van der Waals surface area contributed by atoms with Crippen molar-refractivity contribution in [3.8, 4) is 0 Å². The van der Waals surface area contributed by atoms with Gasteiger partial charge in [-0.1, -0.05) is 30.3 Å². The predicted molar refractivity (Wildman–Crippen MR) is 102 cm³/mol. The lowest BCUT2D eigenvalue weighted by Crippen LogP contribution is -2.09. The Kier molecular flexibility index (Phi) is 5.88. The van der Waals surface area contributed by atoms with E-state index in [1.807, 2.05) is 30.3 Å². The number of sulfone groups is 1. The Bertz CT molecular complexity index is 1060. The summed E-state index contributed by atoms with van der Waals surface area (Å²) < 4.78 is 52.2. The van der Waals surface area contributed by atoms with Crippen LogP contribution in [0.15, 0.2) is 53.6 Å². The molecule has 0 saturated carbocycles. The van der Waals surface area contributed by atoms with Crippen LogP contribution < -0.4 is 0 Å². The van der Waals surface area contributed by atoms with Crippen molar-refractivity contribution in [1.82, 2.24) is 14.8 Å². The molecule has 0 spiro atoms. The van der Waals surface area contributed by atoms with Gasteiger partial charge < -0.3 is 0 Å². The second-order valence-corrected chi connectivity index (χ2v) is 8.55. The molecule has 0 aliphatic heterocycles. The number of hydrogen-bond acceptors (Lipinski definition) is 4. The molecule has 0 fully saturated rings. The average molecular weight is 405 g/mol. The molecular weight excluding hydrogens is 384 g/mol. The largest absolute Gasteiger partial charge is 0.333 e. The maximum Gasteiger partial charge on any atom is 0.333 e. The van der Waals surface area contributed by atoms with Crippen LogP contribution >= 0.6 is 0 Å². The van der Waals surface area contributed by atoms with Crippen molar-refractivity contribution < 1.29 is 17.2 Å². The first kappa shape index (κ1) is 20.1. The number of halogens is 2. The molecule has 0 aliphatic rings. The topological polar surface area (TPSA) is 64.8 Å². The zero-order chi connectivity index (χ0) is 20.3. The molecule has 2 heterocycles. The van der Waals surface area contributed by atoms with Crippen LogP contribution in [0.1, 0.15) is 34.8 Å². The summed E-state index contributed by atoms with van der Waals surface area (Å²) in [7, 11) is -3.80. The highest BCUT2D eigenvalue weighted by Gasteiger charge is 2.27. The number of aryl methyl sites for hydroxylation is 3. The minimum atomic E-state index is -3.80. The van der Waals surface area contributed by atoms with Crippen molar-refractivity contribution in [3.63, 3.8) is 0 Å². The van der Waals surface area contributed by atoms with Crippen LogP contribution in [0.3, 0.4) is 0 Å². The normalized spacial score (nSPS) is 11.9. The molecule has 2 aromatic heterocycles. The van der Waals surface area contributed by atoms with E-state index in [4.69, 9.17) is 0 Å². The third-order valence-electron chi connectivity index (χ3n) is 4.50. The Morgan fingerprint density at radius 3 is 2.43 bits per heavy atom. The van der Waals surface area contributed by atoms with Crippen molar-refractivity contribution in [2.24, 2.45) is 0 Å². The highest BCUT2D eigenvalue weighted by molar-refractivity contribution is 7.90. The maximum atomic E-state index is 13.0. The smallest absolute Gasteiger partial charge is 0.261 e. The van der Waals surface area contributed by atoms with Gasteiger partial charge in [0.2, 0.25) is 0 Å². The Morgan fingerprint density at radius 2 is 1.79 bits per heavy atom. The van der Waals surface area contributed by atoms with E-state index in [1.54, 1.807) is 18.3 Å². The van der Waals surface area contributed by atoms with E-state index in [1.165, 1.54) is 13.8 Å². The van der Waals surface area contributed by atoms with Crippen molar-refractivity contribution in [2.75, 3.05) is 0 Å². The molecule has 28 heavy (non-hydrogen) atoms. The first-order valence-corrected chi connectivity index (χ1v) is 10.5. The zero-order valence-corrected chi connectivity index (χ0v) is 16.5. The lowest BCUT2D eigenvalue weighted by molar-refractivity contribution is 0.0538. The average Bonchev–Trinajstić information content (AvgIpc) is 2.96. The fraction of sp³-hybridized carbons (Fsp3) is 0.300. The second-order valence-electron chi connectivity index (χ2n) is 6.62. The molecule has 148 valence electrons. The third-order valence-corrected chi connectivity index (χ3v) is 6.42. The molecule has 0 radical (unpaired) electrons. The van der Waals surface area contributed by atoms with Gasteiger partial charge in [0.05, 0.1) is 17.1 Å². The fourth-order valence-corrected chi connectivity index (χ4v) is 5.07. The van der Waals surface area contributed by atoms with E-state index >= 15 is 0 Å². The first-order valence-electron chi connectivity index (χ1n) is 8.82. The van der Waals surface area contributed by atoms with E-state index < -0.39 is 16.4 Å². The predicted octanol–water partition coefficient (Wildman–Crippen LogP) is 4.05. The highest BCUT2D eigenvalue weighted by Crippen LogP contribution is 2.26. The van der Waals surface area contributed by atoms with Crippen molar-refractivity contribution in [1.29, 1.82) is 0 Å². The SMILES string of the molecule is Cc1nn(C(F)F)c(C)c1S(=O)(=O)Cc1cccc(CCc2ccccn2)c1. The Hall–Kier alpha value is -2.61. The van der Waals surface area contributed by atoms with E-state index in [-0.39, 0.29) is 22.0 Å². The molecule has 0 atom stereocenters. The van der Waals surface area contributed by atoms with E-state index in [0.29, 0.717) is 10.2 Å². The Labute approximate surface area is 163 Å². The molecule has 0 N–H and O–H groups in total. The van der Waals surface area contributed by atoms with Gasteiger partial charge in [0, 0.05) is 11.9 Å². The number of benzene rings is 1. The molecule has 0 aliphatic carbocycles. The summed E-state index contributed by atoms with van der Waals surface area (Å²) in [5.41, 5.74) is 2.62. The van der Waals surface area contributed by atoms with Crippen LogP contribution in [0.5, 0.6) is 0 Å². The number of rotatable bonds is 7. The summed E-state index contributed by atoms with van der Waals surface area (Å²) in [6.07, 6.45) is 3.21. The number of hydrogen-bond donors (Lipinski definition) is 0. The molecule has 0 saturated heterocycles. The van der Waals surface area contributed by atoms with Gasteiger partial charge in [-0.3, -0.25) is 4.98 Å². The van der Waals surface area contributed by atoms with Gasteiger partial charge >= 0.3 is 6.55 Å². The molecule has 3 aromatic rings. The van der Waals surface area contributed by atoms with Crippen molar-refractivity contribution in [2.45, 2.75) is 43.9 Å². The van der Waals surface area contributed by atoms with Gasteiger partial charge in [-0.25, -0.2) is 13.1 Å². The van der Waals surface area contributed by atoms with Crippen LogP contribution in [0.4, 0.5) is 8.78 Å². The van der Waals surface area contributed by atoms with Crippen LogP contribution in [0.2, 0.25) is 0 Å². The number of alkyl halides is 2. The van der Waals surface area contributed by atoms with E-state index in [0.717, 1.165) is 24.1 Å². The van der Waals surface area contributed by atoms with E-state index in [2.05, 4.69) is 10.1 Å². The summed E-state index contributed by atoms with van der Waals surface area (Å²) in [6, 6.07) is 13.0. The summed E-state index contributed by atoms with van der Waals surface area (Å²) in [6.45, 7) is -0.0951. The van der Waals surface area contributed by atoms with Crippen LogP contribution in [0, 0.1) is 13.8 Å². The van der Waals surface area contributed by atoms with Gasteiger partial charge in [0.1, 0.15) is 4.90 Å². The number of aromatic nitrogens is 3. The fourth-order valence-electron chi connectivity index (χ4n) is 3.27. The van der Waals surface area contributed by atoms with Crippen LogP contribution in [-0.4, -0.2) is 23.2 Å². The monoisotopic (exact) mass is 405 g/mol. The second kappa shape index (κ2) is 8.18. The number of pyridine rings is 1. The number of nitrogens with zero attached hydrogens (tertiary/aromatic N) is 3. The van der Waals surface area contributed by atoms with Crippen molar-refractivity contribution in [3.05, 3.63) is 76.9 Å². The summed E-state index contributed by atoms with van der Waals surface area (Å²) in [5, 5.41) is 3.68. The van der Waals surface area contributed by atoms with Crippen molar-refractivity contribution >= 4 is 9.84 Å². The van der Waals surface area contributed by atoms with Gasteiger partial charge in [0.25, 0.3) is 0 Å². The summed E-state index contributed by atoms with van der Waals surface area (Å²) >= 11 is 0. The van der Waals surface area contributed by atoms with Gasteiger partial charge in [-0.15, -0.1) is 0 Å². The summed E-state index contributed by atoms with van der Waals surface area (Å²) in [5.74, 6) is -0.263. The van der Waals surface area contributed by atoms with Gasteiger partial charge in [0.15, 0.2) is 9.84 Å². The molecule has 0 amide bonds. The summed E-state index contributed by atoms with van der Waals surface area (Å²) in [4.78, 5) is 4.17. The third kappa shape index (κ3) is 4.44. The molecular formula is C20H21F2N3O2S. The van der Waals surface area contributed by atoms with Crippen LogP contribution in [0.25, 0.3) is 0 Å². The molecule has 8 heteroatoms.